The van der Waals surface area contributed by atoms with Gasteiger partial charge in [0, 0.05) is 43.8 Å². The summed E-state index contributed by atoms with van der Waals surface area (Å²) in [6.07, 6.45) is 7.44. The molecule has 1 saturated heterocycles. The summed E-state index contributed by atoms with van der Waals surface area (Å²) in [7, 11) is 1.96. The molecular weight excluding hydrogens is 290 g/mol. The predicted molar refractivity (Wildman–Crippen MR) is 89.1 cm³/mol. The van der Waals surface area contributed by atoms with Gasteiger partial charge in [0.1, 0.15) is 0 Å². The number of aryl methyl sites for hydroxylation is 1. The number of guanidine groups is 1. The molecule has 3 aliphatic rings. The van der Waals surface area contributed by atoms with Crippen LogP contribution in [-0.2, 0) is 18.3 Å². The van der Waals surface area contributed by atoms with Crippen LogP contribution in [0.2, 0.25) is 0 Å². The van der Waals surface area contributed by atoms with Gasteiger partial charge < -0.3 is 15.4 Å². The second kappa shape index (κ2) is 5.82. The summed E-state index contributed by atoms with van der Waals surface area (Å²) in [5.41, 5.74) is 1.50. The fourth-order valence-corrected chi connectivity index (χ4v) is 4.64. The van der Waals surface area contributed by atoms with Gasteiger partial charge in [-0.15, -0.1) is 0 Å². The monoisotopic (exact) mass is 317 g/mol. The van der Waals surface area contributed by atoms with Gasteiger partial charge in [0.25, 0.3) is 0 Å². The maximum atomic E-state index is 6.00. The molecule has 1 aliphatic heterocycles. The number of nitrogens with zero attached hydrogens (tertiary/aromatic N) is 3. The highest BCUT2D eigenvalue weighted by atomic mass is 16.5. The molecule has 0 radical (unpaired) electrons. The lowest BCUT2D eigenvalue weighted by Crippen LogP contribution is -2.72. The first-order valence-electron chi connectivity index (χ1n) is 8.88. The molecule has 0 aromatic carbocycles. The van der Waals surface area contributed by atoms with E-state index < -0.39 is 0 Å². The van der Waals surface area contributed by atoms with E-state index in [1.165, 1.54) is 25.7 Å². The van der Waals surface area contributed by atoms with Gasteiger partial charge in [-0.3, -0.25) is 4.68 Å². The normalized spacial score (nSPS) is 31.4. The molecule has 0 bridgehead atoms. The number of hydrogen-bond donors (Lipinski definition) is 2. The summed E-state index contributed by atoms with van der Waals surface area (Å²) in [6, 6.07) is 2.54. The quantitative estimate of drug-likeness (QED) is 0.651. The highest BCUT2D eigenvalue weighted by Gasteiger charge is 2.66. The second-order valence-corrected chi connectivity index (χ2v) is 7.09. The van der Waals surface area contributed by atoms with E-state index in [0.29, 0.717) is 30.0 Å². The van der Waals surface area contributed by atoms with Crippen molar-refractivity contribution < 1.29 is 4.74 Å². The van der Waals surface area contributed by atoms with Crippen LogP contribution in [0.1, 0.15) is 38.3 Å². The van der Waals surface area contributed by atoms with Gasteiger partial charge in [-0.2, -0.15) is 5.10 Å². The Bertz CT molecular complexity index is 592. The number of hydrogen-bond acceptors (Lipinski definition) is 3. The van der Waals surface area contributed by atoms with Gasteiger partial charge in [-0.25, -0.2) is 4.99 Å². The highest BCUT2D eigenvalue weighted by Crippen LogP contribution is 2.62. The standard InChI is InChI=1S/C17H27N5O/c1-3-18-16(19-11-12-5-9-20-22(12)2)21-14-13-6-10-23-15(13)17(14)7-4-8-17/h5,9,13-15H,3-4,6-8,10-11H2,1-2H3,(H2,18,19,21). The predicted octanol–water partition coefficient (Wildman–Crippen LogP) is 1.43. The van der Waals surface area contributed by atoms with E-state index in [0.717, 1.165) is 24.8 Å². The van der Waals surface area contributed by atoms with E-state index in [9.17, 15) is 0 Å². The molecule has 1 spiro atoms. The van der Waals surface area contributed by atoms with E-state index in [1.54, 1.807) is 0 Å². The third-order valence-corrected chi connectivity index (χ3v) is 5.99. The average molecular weight is 317 g/mol. The Morgan fingerprint density at radius 1 is 1.52 bits per heavy atom. The SMILES string of the molecule is CCNC(=NCc1ccnn1C)NC1C2CCOC2C12CCC2. The zero-order valence-electron chi connectivity index (χ0n) is 14.1. The van der Waals surface area contributed by atoms with Gasteiger partial charge in [-0.05, 0) is 32.3 Å². The van der Waals surface area contributed by atoms with Crippen molar-refractivity contribution in [3.8, 4) is 0 Å². The lowest BCUT2D eigenvalue weighted by molar-refractivity contribution is -0.171. The van der Waals surface area contributed by atoms with E-state index >= 15 is 0 Å². The van der Waals surface area contributed by atoms with Gasteiger partial charge in [0.05, 0.1) is 18.3 Å². The fraction of sp³-hybridized carbons (Fsp3) is 0.765. The Kier molecular flexibility index (Phi) is 3.79. The molecule has 1 aromatic heterocycles. The van der Waals surface area contributed by atoms with Crippen LogP contribution in [-0.4, -0.2) is 41.0 Å². The third kappa shape index (κ3) is 2.35. The lowest BCUT2D eigenvalue weighted by atomic mass is 9.46. The van der Waals surface area contributed by atoms with Crippen molar-refractivity contribution in [2.24, 2.45) is 23.4 Å². The van der Waals surface area contributed by atoms with Crippen molar-refractivity contribution in [1.82, 2.24) is 20.4 Å². The molecule has 1 aromatic rings. The minimum atomic E-state index is 0.379. The highest BCUT2D eigenvalue weighted by molar-refractivity contribution is 5.80. The summed E-state index contributed by atoms with van der Waals surface area (Å²) in [5, 5.41) is 11.3. The van der Waals surface area contributed by atoms with Crippen LogP contribution in [0.5, 0.6) is 0 Å². The van der Waals surface area contributed by atoms with Crippen molar-refractivity contribution >= 4 is 5.96 Å². The van der Waals surface area contributed by atoms with Crippen molar-refractivity contribution in [2.75, 3.05) is 13.2 Å². The number of ether oxygens (including phenoxy) is 1. The lowest BCUT2D eigenvalue weighted by Gasteiger charge is -2.63. The Morgan fingerprint density at radius 2 is 2.39 bits per heavy atom. The molecule has 2 heterocycles. The van der Waals surface area contributed by atoms with Crippen molar-refractivity contribution in [3.05, 3.63) is 18.0 Å². The molecule has 0 amide bonds. The van der Waals surface area contributed by atoms with Gasteiger partial charge in [0.15, 0.2) is 5.96 Å². The first-order chi connectivity index (χ1) is 11.2. The van der Waals surface area contributed by atoms with Crippen LogP contribution >= 0.6 is 0 Å². The zero-order valence-corrected chi connectivity index (χ0v) is 14.1. The van der Waals surface area contributed by atoms with E-state index in [2.05, 4.69) is 22.7 Å². The summed E-state index contributed by atoms with van der Waals surface area (Å²) in [4.78, 5) is 4.77. The van der Waals surface area contributed by atoms with Crippen LogP contribution in [0.3, 0.4) is 0 Å². The molecule has 2 N–H and O–H groups in total. The minimum absolute atomic E-state index is 0.379. The Balaban J connectivity index is 1.46. The first-order valence-corrected chi connectivity index (χ1v) is 8.88. The van der Waals surface area contributed by atoms with Crippen LogP contribution < -0.4 is 10.6 Å². The first kappa shape index (κ1) is 15.0. The van der Waals surface area contributed by atoms with Crippen LogP contribution in [0.4, 0.5) is 0 Å². The van der Waals surface area contributed by atoms with Crippen LogP contribution in [0.15, 0.2) is 17.3 Å². The summed E-state index contributed by atoms with van der Waals surface area (Å²) in [5.74, 6) is 1.59. The van der Waals surface area contributed by atoms with Gasteiger partial charge in [0.2, 0.25) is 0 Å². The summed E-state index contributed by atoms with van der Waals surface area (Å²) in [6.45, 7) is 4.57. The molecule has 6 heteroatoms. The topological polar surface area (TPSA) is 63.5 Å². The Labute approximate surface area is 137 Å². The molecule has 2 aliphatic carbocycles. The number of rotatable bonds is 4. The molecular formula is C17H27N5O. The zero-order chi connectivity index (χ0) is 15.9. The molecule has 6 nitrogen and oxygen atoms in total. The van der Waals surface area contributed by atoms with Crippen LogP contribution in [0, 0.1) is 11.3 Å². The van der Waals surface area contributed by atoms with Crippen LogP contribution in [0.25, 0.3) is 0 Å². The molecule has 3 atom stereocenters. The van der Waals surface area contributed by atoms with Gasteiger partial charge in [-0.1, -0.05) is 6.42 Å². The smallest absolute Gasteiger partial charge is 0.191 e. The maximum absolute atomic E-state index is 6.00. The maximum Gasteiger partial charge on any atom is 0.191 e. The van der Waals surface area contributed by atoms with E-state index in [-0.39, 0.29) is 0 Å². The van der Waals surface area contributed by atoms with E-state index in [1.807, 2.05) is 24.0 Å². The number of nitrogens with one attached hydrogen (secondary N) is 2. The Morgan fingerprint density at radius 3 is 3.04 bits per heavy atom. The Hall–Kier alpha value is -1.56. The largest absolute Gasteiger partial charge is 0.377 e. The van der Waals surface area contributed by atoms with Gasteiger partial charge >= 0.3 is 0 Å². The van der Waals surface area contributed by atoms with Crippen molar-refractivity contribution in [2.45, 2.75) is 51.3 Å². The molecule has 3 fully saturated rings. The molecule has 3 unspecified atom stereocenters. The fourth-order valence-electron chi connectivity index (χ4n) is 4.64. The number of aliphatic imine (C=N–C) groups is 1. The average Bonchev–Trinajstić information content (AvgIpc) is 3.08. The van der Waals surface area contributed by atoms with Crippen molar-refractivity contribution in [1.29, 1.82) is 0 Å². The molecule has 2 saturated carbocycles. The number of aromatic nitrogens is 2. The summed E-state index contributed by atoms with van der Waals surface area (Å²) >= 11 is 0. The minimum Gasteiger partial charge on any atom is -0.377 e. The van der Waals surface area contributed by atoms with Crippen molar-refractivity contribution in [3.63, 3.8) is 0 Å². The molecule has 126 valence electrons. The molecule has 4 rings (SSSR count). The number of fused-ring (bicyclic) bond motifs is 2. The molecule has 23 heavy (non-hydrogen) atoms. The summed E-state index contributed by atoms with van der Waals surface area (Å²) < 4.78 is 7.88. The van der Waals surface area contributed by atoms with E-state index in [4.69, 9.17) is 9.73 Å². The third-order valence-electron chi connectivity index (χ3n) is 5.99. The second-order valence-electron chi connectivity index (χ2n) is 7.09.